The minimum atomic E-state index is -4.16. The maximum atomic E-state index is 12.2. The molecule has 0 saturated carbocycles. The van der Waals surface area contributed by atoms with Crippen molar-refractivity contribution in [2.45, 2.75) is 17.5 Å². The molecule has 0 unspecified atom stereocenters. The van der Waals surface area contributed by atoms with Gasteiger partial charge in [0.2, 0.25) is 0 Å². The Hall–Kier alpha value is -1.50. The Morgan fingerprint density at radius 2 is 1.85 bits per heavy atom. The van der Waals surface area contributed by atoms with E-state index in [-0.39, 0.29) is 5.75 Å². The molecule has 0 aliphatic heterocycles. The molecule has 0 aliphatic carbocycles. The van der Waals surface area contributed by atoms with E-state index in [1.165, 1.54) is 20.4 Å². The van der Waals surface area contributed by atoms with E-state index in [2.05, 4.69) is 0 Å². The topological polar surface area (TPSA) is 44.5 Å². The minimum absolute atomic E-state index is 0.0743. The lowest BCUT2D eigenvalue weighted by atomic mass is 10.2. The maximum absolute atomic E-state index is 12.2. The second-order valence-corrected chi connectivity index (χ2v) is 4.95. The van der Waals surface area contributed by atoms with Crippen molar-refractivity contribution in [2.24, 2.45) is 5.73 Å². The molecular weight excluding hydrogens is 291 g/mol. The fourth-order valence-corrected chi connectivity index (χ4v) is 2.55. The summed E-state index contributed by atoms with van der Waals surface area (Å²) in [4.78, 5) is 0.600. The molecule has 112 valence electrons. The van der Waals surface area contributed by atoms with Crippen molar-refractivity contribution in [3.8, 4) is 11.5 Å². The Bertz CT molecular complexity index is 475. The Balaban J connectivity index is 2.94. The van der Waals surface area contributed by atoms with Crippen LogP contribution in [-0.2, 0) is 0 Å². The zero-order chi connectivity index (χ0) is 15.2. The second-order valence-electron chi connectivity index (χ2n) is 3.82. The van der Waals surface area contributed by atoms with Crippen LogP contribution in [0.2, 0.25) is 0 Å². The third-order valence-corrected chi connectivity index (χ3v) is 3.47. The summed E-state index contributed by atoms with van der Waals surface area (Å²) in [7, 11) is 2.95. The van der Waals surface area contributed by atoms with Gasteiger partial charge in [-0.3, -0.25) is 0 Å². The predicted molar refractivity (Wildman–Crippen MR) is 74.2 cm³/mol. The summed E-state index contributed by atoms with van der Waals surface area (Å²) in [6, 6.07) is 3.33. The third-order valence-electron chi connectivity index (χ3n) is 2.43. The average molecular weight is 307 g/mol. The van der Waals surface area contributed by atoms with Gasteiger partial charge in [-0.1, -0.05) is 0 Å². The lowest BCUT2D eigenvalue weighted by Gasteiger charge is -2.13. The van der Waals surface area contributed by atoms with Gasteiger partial charge in [0.15, 0.2) is 0 Å². The summed E-state index contributed by atoms with van der Waals surface area (Å²) in [5, 5.41) is 0. The number of thioether (sulfide) groups is 1. The molecule has 0 heterocycles. The van der Waals surface area contributed by atoms with Gasteiger partial charge in [0.05, 0.1) is 25.5 Å². The minimum Gasteiger partial charge on any atom is -0.496 e. The first kappa shape index (κ1) is 16.6. The summed E-state index contributed by atoms with van der Waals surface area (Å²) in [6.45, 7) is 0. The smallest absolute Gasteiger partial charge is 0.389 e. The summed E-state index contributed by atoms with van der Waals surface area (Å²) < 4.78 is 46.8. The van der Waals surface area contributed by atoms with Gasteiger partial charge in [-0.05, 0) is 24.4 Å². The van der Waals surface area contributed by atoms with Gasteiger partial charge >= 0.3 is 6.18 Å². The highest BCUT2D eigenvalue weighted by atomic mass is 32.2. The fourth-order valence-electron chi connectivity index (χ4n) is 1.52. The molecule has 0 saturated heterocycles. The van der Waals surface area contributed by atoms with Gasteiger partial charge in [0.1, 0.15) is 11.5 Å². The monoisotopic (exact) mass is 307 g/mol. The van der Waals surface area contributed by atoms with Crippen LogP contribution in [0.1, 0.15) is 12.0 Å². The van der Waals surface area contributed by atoms with E-state index < -0.39 is 12.6 Å². The molecular formula is C13H16F3NO2S. The van der Waals surface area contributed by atoms with Crippen LogP contribution in [0.25, 0.3) is 6.08 Å². The van der Waals surface area contributed by atoms with E-state index >= 15 is 0 Å². The van der Waals surface area contributed by atoms with E-state index in [1.54, 1.807) is 18.2 Å². The van der Waals surface area contributed by atoms with Gasteiger partial charge in [0, 0.05) is 11.3 Å². The molecule has 1 rings (SSSR count). The largest absolute Gasteiger partial charge is 0.496 e. The number of benzene rings is 1. The van der Waals surface area contributed by atoms with Crippen LogP contribution in [0.5, 0.6) is 11.5 Å². The van der Waals surface area contributed by atoms with Crippen LogP contribution in [0.3, 0.4) is 0 Å². The zero-order valence-electron chi connectivity index (χ0n) is 11.2. The number of nitrogens with two attached hydrogens (primary N) is 1. The number of hydrogen-bond donors (Lipinski definition) is 1. The Morgan fingerprint density at radius 3 is 2.35 bits per heavy atom. The molecule has 20 heavy (non-hydrogen) atoms. The highest BCUT2D eigenvalue weighted by Crippen LogP contribution is 2.37. The average Bonchev–Trinajstić information content (AvgIpc) is 2.38. The molecule has 0 bridgehead atoms. The number of methoxy groups -OCH3 is 2. The van der Waals surface area contributed by atoms with Crippen molar-refractivity contribution in [1.29, 1.82) is 0 Å². The highest BCUT2D eigenvalue weighted by molar-refractivity contribution is 7.99. The fraction of sp³-hybridized carbons (Fsp3) is 0.385. The van der Waals surface area contributed by atoms with Gasteiger partial charge in [-0.2, -0.15) is 13.2 Å². The van der Waals surface area contributed by atoms with E-state index in [0.29, 0.717) is 22.0 Å². The first-order valence-corrected chi connectivity index (χ1v) is 6.73. The number of rotatable bonds is 6. The molecule has 2 N–H and O–H groups in total. The van der Waals surface area contributed by atoms with Crippen LogP contribution < -0.4 is 15.2 Å². The normalized spacial score (nSPS) is 11.8. The van der Waals surface area contributed by atoms with Crippen molar-refractivity contribution in [3.63, 3.8) is 0 Å². The van der Waals surface area contributed by atoms with E-state index in [9.17, 15) is 13.2 Å². The van der Waals surface area contributed by atoms with E-state index in [4.69, 9.17) is 15.2 Å². The predicted octanol–water partition coefficient (Wildman–Crippen LogP) is 3.68. The molecule has 0 aliphatic rings. The Morgan fingerprint density at radius 1 is 1.20 bits per heavy atom. The van der Waals surface area contributed by atoms with Gasteiger partial charge in [0.25, 0.3) is 0 Å². The summed E-state index contributed by atoms with van der Waals surface area (Å²) in [5.41, 5.74) is 6.04. The summed E-state index contributed by atoms with van der Waals surface area (Å²) >= 11 is 1.07. The Kier molecular flexibility index (Phi) is 6.06. The van der Waals surface area contributed by atoms with Gasteiger partial charge in [-0.15, -0.1) is 11.8 Å². The number of hydrogen-bond acceptors (Lipinski definition) is 4. The number of alkyl halides is 3. The van der Waals surface area contributed by atoms with Gasteiger partial charge < -0.3 is 15.2 Å². The van der Waals surface area contributed by atoms with E-state index in [1.807, 2.05) is 0 Å². The molecule has 0 spiro atoms. The lowest BCUT2D eigenvalue weighted by molar-refractivity contribution is -0.129. The van der Waals surface area contributed by atoms with Crippen LogP contribution in [0.4, 0.5) is 13.2 Å². The third kappa shape index (κ3) is 4.88. The lowest BCUT2D eigenvalue weighted by Crippen LogP contribution is -2.08. The van der Waals surface area contributed by atoms with Gasteiger partial charge in [-0.25, -0.2) is 0 Å². The van der Waals surface area contributed by atoms with Crippen molar-refractivity contribution in [3.05, 3.63) is 23.9 Å². The molecule has 0 aromatic heterocycles. The van der Waals surface area contributed by atoms with E-state index in [0.717, 1.165) is 11.8 Å². The first-order chi connectivity index (χ1) is 9.41. The Labute approximate surface area is 119 Å². The standard InChI is InChI=1S/C13H16F3NO2S/c1-18-10-8-12(20-6-4-13(14,15)16)11(19-2)7-9(10)3-5-17/h3,5,7-8H,4,6,17H2,1-2H3/b5-3+. The quantitative estimate of drug-likeness (QED) is 0.814. The van der Waals surface area contributed by atoms with Crippen molar-refractivity contribution in [1.82, 2.24) is 0 Å². The van der Waals surface area contributed by atoms with Crippen molar-refractivity contribution < 1.29 is 22.6 Å². The zero-order valence-corrected chi connectivity index (χ0v) is 12.0. The number of ether oxygens (including phenoxy) is 2. The SMILES string of the molecule is COc1cc(SCCC(F)(F)F)c(OC)cc1/C=C/N. The molecule has 0 atom stereocenters. The summed E-state index contributed by atoms with van der Waals surface area (Å²) in [5.74, 6) is 0.947. The van der Waals surface area contributed by atoms with Crippen LogP contribution in [0.15, 0.2) is 23.2 Å². The molecule has 0 fully saturated rings. The van der Waals surface area contributed by atoms with Crippen molar-refractivity contribution >= 4 is 17.8 Å². The molecule has 1 aromatic carbocycles. The maximum Gasteiger partial charge on any atom is 0.389 e. The molecule has 0 radical (unpaired) electrons. The second kappa shape index (κ2) is 7.33. The highest BCUT2D eigenvalue weighted by Gasteiger charge is 2.26. The summed E-state index contributed by atoms with van der Waals surface area (Å²) in [6.07, 6.45) is -2.03. The molecule has 3 nitrogen and oxygen atoms in total. The van der Waals surface area contributed by atoms with Crippen LogP contribution >= 0.6 is 11.8 Å². The van der Waals surface area contributed by atoms with Crippen LogP contribution in [-0.4, -0.2) is 26.1 Å². The molecule has 7 heteroatoms. The molecule has 0 amide bonds. The van der Waals surface area contributed by atoms with Crippen molar-refractivity contribution in [2.75, 3.05) is 20.0 Å². The first-order valence-electron chi connectivity index (χ1n) is 5.75. The molecule has 1 aromatic rings. The number of halogens is 3. The van der Waals surface area contributed by atoms with Crippen LogP contribution in [0, 0.1) is 0 Å².